The van der Waals surface area contributed by atoms with Crippen LogP contribution in [-0.2, 0) is 9.53 Å². The van der Waals surface area contributed by atoms with Gasteiger partial charge in [0.15, 0.2) is 11.5 Å². The van der Waals surface area contributed by atoms with E-state index in [1.54, 1.807) is 36.1 Å². The van der Waals surface area contributed by atoms with Crippen LogP contribution in [-0.4, -0.2) is 68.2 Å². The van der Waals surface area contributed by atoms with E-state index in [4.69, 9.17) is 21.1 Å². The number of halogens is 3. The van der Waals surface area contributed by atoms with Gasteiger partial charge >= 0.3 is 12.6 Å². The minimum atomic E-state index is -3.00. The number of ether oxygens (including phenoxy) is 3. The van der Waals surface area contributed by atoms with E-state index in [1.807, 2.05) is 4.90 Å². The number of methoxy groups -OCH3 is 1. The molecule has 0 saturated carbocycles. The maximum atomic E-state index is 13.0. The second kappa shape index (κ2) is 11.3. The van der Waals surface area contributed by atoms with Crippen LogP contribution in [0.2, 0.25) is 5.02 Å². The zero-order valence-corrected chi connectivity index (χ0v) is 19.1. The van der Waals surface area contributed by atoms with Crippen LogP contribution < -0.4 is 9.47 Å². The van der Waals surface area contributed by atoms with E-state index in [0.29, 0.717) is 36.8 Å². The van der Waals surface area contributed by atoms with Crippen molar-refractivity contribution >= 4 is 23.5 Å². The first-order valence-electron chi connectivity index (χ1n) is 10.4. The average Bonchev–Trinajstić information content (AvgIpc) is 2.80. The first-order valence-corrected chi connectivity index (χ1v) is 10.8. The second-order valence-electron chi connectivity index (χ2n) is 7.28. The van der Waals surface area contributed by atoms with Crippen LogP contribution in [0, 0.1) is 0 Å². The number of alkyl halides is 2. The van der Waals surface area contributed by atoms with Gasteiger partial charge in [0.2, 0.25) is 0 Å². The summed E-state index contributed by atoms with van der Waals surface area (Å²) in [5.74, 6) is -0.728. The lowest BCUT2D eigenvalue weighted by molar-refractivity contribution is -0.150. The molecular formula is C23H25ClF2N2O5. The summed E-state index contributed by atoms with van der Waals surface area (Å²) < 4.78 is 39.8. The number of amides is 1. The van der Waals surface area contributed by atoms with E-state index >= 15 is 0 Å². The number of hydrogen-bond acceptors (Lipinski definition) is 6. The molecule has 1 aliphatic heterocycles. The monoisotopic (exact) mass is 482 g/mol. The molecule has 0 radical (unpaired) electrons. The van der Waals surface area contributed by atoms with E-state index in [-0.39, 0.29) is 30.0 Å². The maximum Gasteiger partial charge on any atom is 0.387 e. The predicted octanol–water partition coefficient (Wildman–Crippen LogP) is 4.01. The molecule has 10 heteroatoms. The third-order valence-electron chi connectivity index (χ3n) is 5.29. The highest BCUT2D eigenvalue weighted by molar-refractivity contribution is 6.30. The van der Waals surface area contributed by atoms with Gasteiger partial charge in [0.1, 0.15) is 6.04 Å². The highest BCUT2D eigenvalue weighted by atomic mass is 35.5. The third-order valence-corrected chi connectivity index (χ3v) is 5.54. The first kappa shape index (κ1) is 24.7. The number of piperazine rings is 1. The van der Waals surface area contributed by atoms with Gasteiger partial charge in [-0.1, -0.05) is 23.7 Å². The number of benzene rings is 2. The van der Waals surface area contributed by atoms with E-state index < -0.39 is 12.7 Å². The molecule has 0 spiro atoms. The summed E-state index contributed by atoms with van der Waals surface area (Å²) >= 11 is 5.98. The van der Waals surface area contributed by atoms with Crippen LogP contribution in [0.25, 0.3) is 0 Å². The molecule has 0 bridgehead atoms. The van der Waals surface area contributed by atoms with Crippen molar-refractivity contribution in [1.29, 1.82) is 0 Å². The normalized spacial score (nSPS) is 15.3. The van der Waals surface area contributed by atoms with E-state index in [1.165, 1.54) is 25.3 Å². The summed E-state index contributed by atoms with van der Waals surface area (Å²) in [5, 5.41) is 0.567. The SMILES string of the molecule is CCOC(=O)C(c1ccc(Cl)cc1)N1CCN(C(=O)c2ccc(OC(F)F)c(OC)c2)CC1. The molecule has 0 aliphatic carbocycles. The van der Waals surface area contributed by atoms with Crippen molar-refractivity contribution in [1.82, 2.24) is 9.80 Å². The van der Waals surface area contributed by atoms with Crippen LogP contribution in [0.15, 0.2) is 42.5 Å². The molecule has 0 N–H and O–H groups in total. The average molecular weight is 483 g/mol. The van der Waals surface area contributed by atoms with Crippen LogP contribution in [0.1, 0.15) is 28.9 Å². The standard InChI is InChI=1S/C23H25ClF2N2O5/c1-3-32-22(30)20(15-4-7-17(24)8-5-15)27-10-12-28(13-11-27)21(29)16-6-9-18(33-23(25)26)19(14-16)31-2/h4-9,14,20,23H,3,10-13H2,1-2H3. The Hall–Kier alpha value is -2.91. The van der Waals surface area contributed by atoms with Crippen molar-refractivity contribution in [2.75, 3.05) is 39.9 Å². The van der Waals surface area contributed by atoms with E-state index in [9.17, 15) is 18.4 Å². The summed E-state index contributed by atoms with van der Waals surface area (Å²) in [4.78, 5) is 29.3. The van der Waals surface area contributed by atoms with Gasteiger partial charge in [0.05, 0.1) is 13.7 Å². The molecule has 1 unspecified atom stereocenters. The van der Waals surface area contributed by atoms with Crippen molar-refractivity contribution in [2.45, 2.75) is 19.6 Å². The summed E-state index contributed by atoms with van der Waals surface area (Å²) in [6, 6.07) is 10.5. The Kier molecular flexibility index (Phi) is 8.46. The Bertz CT molecular complexity index is 966. The van der Waals surface area contributed by atoms with E-state index in [0.717, 1.165) is 5.56 Å². The summed E-state index contributed by atoms with van der Waals surface area (Å²) in [6.07, 6.45) is 0. The Morgan fingerprint density at radius 1 is 1.03 bits per heavy atom. The van der Waals surface area contributed by atoms with Crippen molar-refractivity contribution in [2.24, 2.45) is 0 Å². The summed E-state index contributed by atoms with van der Waals surface area (Å²) in [5.41, 5.74) is 1.05. The Balaban J connectivity index is 1.71. The molecule has 1 amide bonds. The van der Waals surface area contributed by atoms with Crippen molar-refractivity contribution < 1.29 is 32.6 Å². The second-order valence-corrected chi connectivity index (χ2v) is 7.71. The number of esters is 1. The largest absolute Gasteiger partial charge is 0.493 e. The number of carbonyl (C=O) groups is 2. The molecule has 33 heavy (non-hydrogen) atoms. The molecule has 1 saturated heterocycles. The van der Waals surface area contributed by atoms with Crippen LogP contribution >= 0.6 is 11.6 Å². The van der Waals surface area contributed by atoms with Crippen LogP contribution in [0.4, 0.5) is 8.78 Å². The van der Waals surface area contributed by atoms with Gasteiger partial charge in [-0.2, -0.15) is 8.78 Å². The minimum Gasteiger partial charge on any atom is -0.493 e. The molecule has 1 fully saturated rings. The minimum absolute atomic E-state index is 0.0462. The lowest BCUT2D eigenvalue weighted by Crippen LogP contribution is -2.51. The van der Waals surface area contributed by atoms with Gasteiger partial charge in [-0.3, -0.25) is 9.69 Å². The number of carbonyl (C=O) groups excluding carboxylic acids is 2. The molecule has 178 valence electrons. The van der Waals surface area contributed by atoms with Gasteiger partial charge in [-0.15, -0.1) is 0 Å². The predicted molar refractivity (Wildman–Crippen MR) is 118 cm³/mol. The zero-order valence-electron chi connectivity index (χ0n) is 18.3. The van der Waals surface area contributed by atoms with E-state index in [2.05, 4.69) is 4.74 Å². The fourth-order valence-corrected chi connectivity index (χ4v) is 3.85. The lowest BCUT2D eigenvalue weighted by Gasteiger charge is -2.38. The molecule has 1 atom stereocenters. The Morgan fingerprint density at radius 3 is 2.27 bits per heavy atom. The molecule has 0 aromatic heterocycles. The van der Waals surface area contributed by atoms with Crippen molar-refractivity contribution in [3.63, 3.8) is 0 Å². The zero-order chi connectivity index (χ0) is 24.0. The maximum absolute atomic E-state index is 13.0. The molecule has 1 heterocycles. The van der Waals surface area contributed by atoms with Gasteiger partial charge in [-0.25, -0.2) is 4.79 Å². The smallest absolute Gasteiger partial charge is 0.387 e. The fourth-order valence-electron chi connectivity index (χ4n) is 3.72. The quantitative estimate of drug-likeness (QED) is 0.530. The van der Waals surface area contributed by atoms with Crippen LogP contribution in [0.5, 0.6) is 11.5 Å². The Morgan fingerprint density at radius 2 is 1.70 bits per heavy atom. The molecule has 3 rings (SSSR count). The number of rotatable bonds is 8. The highest BCUT2D eigenvalue weighted by Crippen LogP contribution is 2.30. The third kappa shape index (κ3) is 6.11. The van der Waals surface area contributed by atoms with Crippen molar-refractivity contribution in [3.8, 4) is 11.5 Å². The van der Waals surface area contributed by atoms with Crippen LogP contribution in [0.3, 0.4) is 0 Å². The van der Waals surface area contributed by atoms with Gasteiger partial charge in [0, 0.05) is 36.8 Å². The topological polar surface area (TPSA) is 68.3 Å². The fraction of sp³-hybridized carbons (Fsp3) is 0.391. The molecule has 7 nitrogen and oxygen atoms in total. The number of nitrogens with zero attached hydrogens (tertiary/aromatic N) is 2. The summed E-state index contributed by atoms with van der Waals surface area (Å²) in [7, 11) is 1.31. The van der Waals surface area contributed by atoms with Gasteiger partial charge < -0.3 is 19.1 Å². The van der Waals surface area contributed by atoms with Gasteiger partial charge in [-0.05, 0) is 42.8 Å². The summed E-state index contributed by atoms with van der Waals surface area (Å²) in [6.45, 7) is 0.651. The lowest BCUT2D eigenvalue weighted by atomic mass is 10.0. The first-order chi connectivity index (χ1) is 15.8. The van der Waals surface area contributed by atoms with Crippen molar-refractivity contribution in [3.05, 3.63) is 58.6 Å². The molecule has 1 aliphatic rings. The molecular weight excluding hydrogens is 458 g/mol. The highest BCUT2D eigenvalue weighted by Gasteiger charge is 2.33. The molecule has 2 aromatic carbocycles. The van der Waals surface area contributed by atoms with Gasteiger partial charge in [0.25, 0.3) is 5.91 Å². The Labute approximate surface area is 195 Å². The molecule has 2 aromatic rings. The number of hydrogen-bond donors (Lipinski definition) is 0.